The zero-order valence-corrected chi connectivity index (χ0v) is 16.1. The number of hydrogen-bond donors (Lipinski definition) is 2. The van der Waals surface area contributed by atoms with Crippen molar-refractivity contribution in [1.29, 1.82) is 0 Å². The van der Waals surface area contributed by atoms with Crippen molar-refractivity contribution in [3.05, 3.63) is 0 Å². The molecule has 2 N–H and O–H groups in total. The van der Waals surface area contributed by atoms with Crippen LogP contribution in [0.15, 0.2) is 0 Å². The summed E-state index contributed by atoms with van der Waals surface area (Å²) in [5.41, 5.74) is 0. The molecule has 1 saturated heterocycles. The Morgan fingerprint density at radius 2 is 1.78 bits per heavy atom. The number of rotatable bonds is 7. The number of carbonyl (C=O) groups excluding carboxylic acids is 3. The molecule has 1 heterocycles. The first-order chi connectivity index (χ1) is 12.9. The molecular formula is C19H31N3O5. The summed E-state index contributed by atoms with van der Waals surface area (Å²) in [4.78, 5) is 50.4. The van der Waals surface area contributed by atoms with E-state index in [0.717, 1.165) is 12.8 Å². The summed E-state index contributed by atoms with van der Waals surface area (Å²) in [5.74, 6) is -1.72. The standard InChI is InChI=1S/C19H31N3O5/c1-21(13-18(25)22-9-5-8-15(12-22)19(26)27)17(24)11-20-16(23)10-14-6-3-2-4-7-14/h14-15H,2-13H2,1H3,(H,20,23)(H,26,27). The zero-order valence-electron chi connectivity index (χ0n) is 16.1. The smallest absolute Gasteiger partial charge is 0.308 e. The second kappa shape index (κ2) is 10.3. The molecule has 0 bridgehead atoms. The maximum atomic E-state index is 12.3. The Bertz CT molecular complexity index is 560. The van der Waals surface area contributed by atoms with E-state index >= 15 is 0 Å². The van der Waals surface area contributed by atoms with Crippen LogP contribution in [-0.4, -0.2) is 71.8 Å². The van der Waals surface area contributed by atoms with E-state index in [0.29, 0.717) is 31.7 Å². The summed E-state index contributed by atoms with van der Waals surface area (Å²) >= 11 is 0. The minimum atomic E-state index is -0.891. The number of carbonyl (C=O) groups is 4. The molecule has 0 aromatic rings. The number of likely N-dealkylation sites (N-methyl/N-ethyl adjacent to an activating group) is 1. The number of carboxylic acids is 1. The van der Waals surface area contributed by atoms with Gasteiger partial charge in [-0.15, -0.1) is 0 Å². The third-order valence-electron chi connectivity index (χ3n) is 5.56. The SMILES string of the molecule is CN(CC(=O)N1CCCC(C(=O)O)C1)C(=O)CNC(=O)CC1CCCCC1. The van der Waals surface area contributed by atoms with Crippen molar-refractivity contribution in [2.24, 2.45) is 11.8 Å². The van der Waals surface area contributed by atoms with Gasteiger partial charge < -0.3 is 20.2 Å². The third-order valence-corrected chi connectivity index (χ3v) is 5.56. The van der Waals surface area contributed by atoms with Crippen molar-refractivity contribution in [1.82, 2.24) is 15.1 Å². The van der Waals surface area contributed by atoms with Gasteiger partial charge in [-0.3, -0.25) is 19.2 Å². The Balaban J connectivity index is 1.70. The van der Waals surface area contributed by atoms with Crippen LogP contribution in [0, 0.1) is 11.8 Å². The molecule has 1 aliphatic heterocycles. The van der Waals surface area contributed by atoms with E-state index in [4.69, 9.17) is 5.11 Å². The first-order valence-electron chi connectivity index (χ1n) is 9.88. The number of piperidine rings is 1. The molecule has 152 valence electrons. The highest BCUT2D eigenvalue weighted by Gasteiger charge is 2.29. The maximum absolute atomic E-state index is 12.3. The Morgan fingerprint density at radius 3 is 2.44 bits per heavy atom. The molecule has 0 radical (unpaired) electrons. The van der Waals surface area contributed by atoms with Crippen molar-refractivity contribution >= 4 is 23.7 Å². The molecule has 8 heteroatoms. The van der Waals surface area contributed by atoms with Crippen LogP contribution in [0.1, 0.15) is 51.4 Å². The Labute approximate surface area is 160 Å². The van der Waals surface area contributed by atoms with Crippen LogP contribution in [0.5, 0.6) is 0 Å². The van der Waals surface area contributed by atoms with Gasteiger partial charge >= 0.3 is 5.97 Å². The number of carboxylic acid groups (broad SMARTS) is 1. The van der Waals surface area contributed by atoms with E-state index in [-0.39, 0.29) is 37.4 Å². The largest absolute Gasteiger partial charge is 0.481 e. The second-order valence-electron chi connectivity index (χ2n) is 7.75. The topological polar surface area (TPSA) is 107 Å². The normalized spacial score (nSPS) is 20.8. The average molecular weight is 381 g/mol. The summed E-state index contributed by atoms with van der Waals surface area (Å²) < 4.78 is 0. The lowest BCUT2D eigenvalue weighted by molar-refractivity contribution is -0.147. The van der Waals surface area contributed by atoms with Crippen LogP contribution in [0.4, 0.5) is 0 Å². The Morgan fingerprint density at radius 1 is 1.07 bits per heavy atom. The molecule has 2 aliphatic rings. The van der Waals surface area contributed by atoms with Crippen molar-refractivity contribution in [2.45, 2.75) is 51.4 Å². The van der Waals surface area contributed by atoms with Gasteiger partial charge in [0.05, 0.1) is 19.0 Å². The van der Waals surface area contributed by atoms with E-state index in [2.05, 4.69) is 5.32 Å². The van der Waals surface area contributed by atoms with Gasteiger partial charge in [-0.25, -0.2) is 0 Å². The van der Waals surface area contributed by atoms with Gasteiger partial charge in [0.1, 0.15) is 0 Å². The zero-order chi connectivity index (χ0) is 19.8. The highest BCUT2D eigenvalue weighted by molar-refractivity contribution is 5.88. The van der Waals surface area contributed by atoms with Gasteiger partial charge in [0.25, 0.3) is 0 Å². The van der Waals surface area contributed by atoms with Crippen molar-refractivity contribution in [3.8, 4) is 0 Å². The van der Waals surface area contributed by atoms with E-state index in [1.807, 2.05) is 0 Å². The van der Waals surface area contributed by atoms with Crippen molar-refractivity contribution in [3.63, 3.8) is 0 Å². The van der Waals surface area contributed by atoms with Crippen LogP contribution >= 0.6 is 0 Å². The monoisotopic (exact) mass is 381 g/mol. The summed E-state index contributed by atoms with van der Waals surface area (Å²) in [6, 6.07) is 0. The molecule has 27 heavy (non-hydrogen) atoms. The average Bonchev–Trinajstić information content (AvgIpc) is 2.66. The van der Waals surface area contributed by atoms with Crippen LogP contribution in [0.3, 0.4) is 0 Å². The number of hydrogen-bond acceptors (Lipinski definition) is 4. The van der Waals surface area contributed by atoms with E-state index in [9.17, 15) is 19.2 Å². The highest BCUT2D eigenvalue weighted by Crippen LogP contribution is 2.26. The lowest BCUT2D eigenvalue weighted by Crippen LogP contribution is -2.48. The lowest BCUT2D eigenvalue weighted by atomic mass is 9.87. The van der Waals surface area contributed by atoms with Gasteiger partial charge in [-0.2, -0.15) is 0 Å². The Hall–Kier alpha value is -2.12. The number of amides is 3. The molecular weight excluding hydrogens is 350 g/mol. The molecule has 1 unspecified atom stereocenters. The minimum Gasteiger partial charge on any atom is -0.481 e. The molecule has 2 fully saturated rings. The van der Waals surface area contributed by atoms with Crippen molar-refractivity contribution < 1.29 is 24.3 Å². The lowest BCUT2D eigenvalue weighted by Gasteiger charge is -2.32. The maximum Gasteiger partial charge on any atom is 0.308 e. The van der Waals surface area contributed by atoms with Crippen LogP contribution in [0.25, 0.3) is 0 Å². The van der Waals surface area contributed by atoms with Gasteiger partial charge in [-0.1, -0.05) is 19.3 Å². The third kappa shape index (κ3) is 6.84. The second-order valence-corrected chi connectivity index (χ2v) is 7.75. The molecule has 0 aromatic carbocycles. The Kier molecular flexibility index (Phi) is 8.06. The molecule has 2 rings (SSSR count). The predicted molar refractivity (Wildman–Crippen MR) is 98.8 cm³/mol. The molecule has 0 spiro atoms. The van der Waals surface area contributed by atoms with E-state index < -0.39 is 11.9 Å². The minimum absolute atomic E-state index is 0.107. The quantitative estimate of drug-likeness (QED) is 0.680. The summed E-state index contributed by atoms with van der Waals surface area (Å²) in [6.45, 7) is 0.480. The van der Waals surface area contributed by atoms with Crippen molar-refractivity contribution in [2.75, 3.05) is 33.2 Å². The fraction of sp³-hybridized carbons (Fsp3) is 0.789. The number of aliphatic carboxylic acids is 1. The molecule has 3 amide bonds. The fourth-order valence-electron chi connectivity index (χ4n) is 3.83. The van der Waals surface area contributed by atoms with Gasteiger partial charge in [0.15, 0.2) is 0 Å². The summed E-state index contributed by atoms with van der Waals surface area (Å²) in [5, 5.41) is 11.8. The molecule has 1 aliphatic carbocycles. The van der Waals surface area contributed by atoms with Gasteiger partial charge in [-0.05, 0) is 31.6 Å². The number of nitrogens with zero attached hydrogens (tertiary/aromatic N) is 2. The first-order valence-corrected chi connectivity index (χ1v) is 9.88. The van der Waals surface area contributed by atoms with E-state index in [1.165, 1.54) is 36.1 Å². The van der Waals surface area contributed by atoms with Crippen LogP contribution < -0.4 is 5.32 Å². The fourth-order valence-corrected chi connectivity index (χ4v) is 3.83. The van der Waals surface area contributed by atoms with Gasteiger partial charge in [0.2, 0.25) is 17.7 Å². The molecule has 8 nitrogen and oxygen atoms in total. The summed E-state index contributed by atoms with van der Waals surface area (Å²) in [7, 11) is 1.52. The van der Waals surface area contributed by atoms with Gasteiger partial charge in [0, 0.05) is 26.6 Å². The van der Waals surface area contributed by atoms with Crippen LogP contribution in [-0.2, 0) is 19.2 Å². The highest BCUT2D eigenvalue weighted by atomic mass is 16.4. The van der Waals surface area contributed by atoms with E-state index in [1.54, 1.807) is 0 Å². The van der Waals surface area contributed by atoms with Crippen LogP contribution in [0.2, 0.25) is 0 Å². The molecule has 1 atom stereocenters. The molecule has 0 aromatic heterocycles. The summed E-state index contributed by atoms with van der Waals surface area (Å²) in [6.07, 6.45) is 7.40. The first kappa shape index (κ1) is 21.2. The number of likely N-dealkylation sites (tertiary alicyclic amines) is 1. The predicted octanol–water partition coefficient (Wildman–Crippen LogP) is 0.855. The molecule has 1 saturated carbocycles. The number of nitrogens with one attached hydrogen (secondary N) is 1.